The lowest BCUT2D eigenvalue weighted by Gasteiger charge is -2.39. The summed E-state index contributed by atoms with van der Waals surface area (Å²) in [7, 11) is 1.53. The van der Waals surface area contributed by atoms with Gasteiger partial charge in [-0.25, -0.2) is 4.98 Å². The summed E-state index contributed by atoms with van der Waals surface area (Å²) in [6, 6.07) is 0.240. The van der Waals surface area contributed by atoms with Crippen LogP contribution in [0.4, 0.5) is 0 Å². The molecule has 1 aromatic rings. The van der Waals surface area contributed by atoms with E-state index in [0.717, 1.165) is 23.5 Å². The van der Waals surface area contributed by atoms with Crippen LogP contribution in [0.3, 0.4) is 0 Å². The van der Waals surface area contributed by atoms with Crippen LogP contribution < -0.4 is 0 Å². The smallest absolute Gasteiger partial charge is 0.248 e. The predicted molar refractivity (Wildman–Crippen MR) is 82.4 cm³/mol. The molecular formula is C15H21N3O3S. The molecule has 0 aromatic carbocycles. The molecule has 0 unspecified atom stereocenters. The highest BCUT2D eigenvalue weighted by Gasteiger charge is 2.44. The fourth-order valence-electron chi connectivity index (χ4n) is 3.53. The third kappa shape index (κ3) is 2.87. The summed E-state index contributed by atoms with van der Waals surface area (Å²) in [6.45, 7) is 3.34. The van der Waals surface area contributed by atoms with Gasteiger partial charge in [-0.2, -0.15) is 0 Å². The van der Waals surface area contributed by atoms with Crippen molar-refractivity contribution in [2.24, 2.45) is 0 Å². The molecule has 120 valence electrons. The van der Waals surface area contributed by atoms with Crippen molar-refractivity contribution in [1.82, 2.24) is 14.8 Å². The molecule has 0 spiro atoms. The number of hydrogen-bond donors (Lipinski definition) is 0. The second-order valence-electron chi connectivity index (χ2n) is 5.86. The van der Waals surface area contributed by atoms with E-state index < -0.39 is 0 Å². The number of thiazole rings is 1. The first kappa shape index (κ1) is 15.4. The first-order valence-corrected chi connectivity index (χ1v) is 8.47. The van der Waals surface area contributed by atoms with E-state index in [9.17, 15) is 9.59 Å². The Morgan fingerprint density at radius 1 is 1.45 bits per heavy atom. The Balaban J connectivity index is 1.74. The van der Waals surface area contributed by atoms with Gasteiger partial charge in [-0.15, -0.1) is 11.3 Å². The lowest BCUT2D eigenvalue weighted by molar-refractivity contribution is -0.144. The van der Waals surface area contributed by atoms with Gasteiger partial charge in [0.2, 0.25) is 11.8 Å². The number of aromatic nitrogens is 1. The number of amides is 2. The van der Waals surface area contributed by atoms with E-state index in [1.54, 1.807) is 11.3 Å². The molecule has 0 saturated carbocycles. The summed E-state index contributed by atoms with van der Waals surface area (Å²) in [5.74, 6) is 0.196. The molecule has 22 heavy (non-hydrogen) atoms. The number of likely N-dealkylation sites (tertiary alicyclic amines) is 2. The first-order chi connectivity index (χ1) is 10.6. The van der Waals surface area contributed by atoms with Crippen LogP contribution in [0.1, 0.15) is 30.0 Å². The van der Waals surface area contributed by atoms with Crippen LogP contribution in [-0.4, -0.2) is 58.9 Å². The number of carbonyl (C=O) groups excluding carboxylic acids is 2. The summed E-state index contributed by atoms with van der Waals surface area (Å²) in [6.07, 6.45) is 2.10. The highest BCUT2D eigenvalue weighted by Crippen LogP contribution is 2.32. The molecule has 2 aliphatic rings. The lowest BCUT2D eigenvalue weighted by atomic mass is 9.96. The number of carbonyl (C=O) groups is 2. The topological polar surface area (TPSA) is 62.7 Å². The fourth-order valence-corrected chi connectivity index (χ4v) is 4.13. The van der Waals surface area contributed by atoms with Crippen LogP contribution in [0, 0.1) is 6.92 Å². The molecule has 0 radical (unpaired) electrons. The molecule has 3 heterocycles. The second kappa shape index (κ2) is 6.34. The minimum absolute atomic E-state index is 0.0220. The molecule has 2 saturated heterocycles. The molecule has 2 fully saturated rings. The number of nitrogens with zero attached hydrogens (tertiary/aromatic N) is 3. The van der Waals surface area contributed by atoms with Crippen LogP contribution >= 0.6 is 11.3 Å². The van der Waals surface area contributed by atoms with E-state index in [0.29, 0.717) is 19.5 Å². The largest absolute Gasteiger partial charge is 0.375 e. The van der Waals surface area contributed by atoms with Gasteiger partial charge < -0.3 is 14.5 Å². The minimum atomic E-state index is 0.0220. The number of aryl methyl sites for hydroxylation is 1. The standard InChI is InChI=1S/C15H21N3O3S/c1-10-16-11(9-22-10)7-18-13-5-6-17(15(20)8-21-2)12(13)3-4-14(18)19/h9,12-13H,3-8H2,1-2H3/t12-,13-/m1/s1. The maximum absolute atomic E-state index is 12.3. The highest BCUT2D eigenvalue weighted by atomic mass is 32.1. The minimum Gasteiger partial charge on any atom is -0.375 e. The van der Waals surface area contributed by atoms with E-state index in [2.05, 4.69) is 4.98 Å². The summed E-state index contributed by atoms with van der Waals surface area (Å²) < 4.78 is 4.96. The quantitative estimate of drug-likeness (QED) is 0.835. The van der Waals surface area contributed by atoms with Crippen molar-refractivity contribution in [3.8, 4) is 0 Å². The summed E-state index contributed by atoms with van der Waals surface area (Å²) in [5, 5.41) is 3.02. The molecule has 1 aromatic heterocycles. The Hall–Kier alpha value is -1.47. The van der Waals surface area contributed by atoms with E-state index in [1.165, 1.54) is 7.11 Å². The monoisotopic (exact) mass is 323 g/mol. The average Bonchev–Trinajstić information content (AvgIpc) is 3.08. The second-order valence-corrected chi connectivity index (χ2v) is 6.92. The zero-order valence-corrected chi connectivity index (χ0v) is 13.8. The van der Waals surface area contributed by atoms with Gasteiger partial charge in [0.1, 0.15) is 6.61 Å². The SMILES string of the molecule is COCC(=O)N1CC[C@@H]2[C@H]1CCC(=O)N2Cc1csc(C)n1. The van der Waals surface area contributed by atoms with Crippen molar-refractivity contribution in [2.75, 3.05) is 20.3 Å². The number of piperidine rings is 1. The Labute approximate surface area is 134 Å². The van der Waals surface area contributed by atoms with Gasteiger partial charge in [-0.1, -0.05) is 0 Å². The van der Waals surface area contributed by atoms with E-state index in [1.807, 2.05) is 22.1 Å². The van der Waals surface area contributed by atoms with Crippen molar-refractivity contribution in [2.45, 2.75) is 44.8 Å². The van der Waals surface area contributed by atoms with Gasteiger partial charge in [0, 0.05) is 25.5 Å². The van der Waals surface area contributed by atoms with Gasteiger partial charge in [-0.05, 0) is 19.8 Å². The molecule has 0 N–H and O–H groups in total. The third-order valence-electron chi connectivity index (χ3n) is 4.47. The first-order valence-electron chi connectivity index (χ1n) is 7.59. The van der Waals surface area contributed by atoms with Crippen LogP contribution in [0.15, 0.2) is 5.38 Å². The lowest BCUT2D eigenvalue weighted by Crippen LogP contribution is -2.53. The van der Waals surface area contributed by atoms with Gasteiger partial charge in [0.15, 0.2) is 0 Å². The number of hydrogen-bond acceptors (Lipinski definition) is 5. The summed E-state index contributed by atoms with van der Waals surface area (Å²) in [4.78, 5) is 32.7. The van der Waals surface area contributed by atoms with Gasteiger partial charge >= 0.3 is 0 Å². The predicted octanol–water partition coefficient (Wildman–Crippen LogP) is 1.19. The van der Waals surface area contributed by atoms with E-state index in [-0.39, 0.29) is 30.5 Å². The Kier molecular flexibility index (Phi) is 4.44. The maximum atomic E-state index is 12.3. The number of methoxy groups -OCH3 is 1. The maximum Gasteiger partial charge on any atom is 0.248 e. The Morgan fingerprint density at radius 2 is 2.27 bits per heavy atom. The molecule has 3 rings (SSSR count). The zero-order valence-electron chi connectivity index (χ0n) is 12.9. The van der Waals surface area contributed by atoms with Crippen LogP contribution in [0.2, 0.25) is 0 Å². The zero-order chi connectivity index (χ0) is 15.7. The van der Waals surface area contributed by atoms with Gasteiger partial charge in [0.05, 0.1) is 29.3 Å². The van der Waals surface area contributed by atoms with Crippen molar-refractivity contribution in [3.63, 3.8) is 0 Å². The van der Waals surface area contributed by atoms with Gasteiger partial charge in [0.25, 0.3) is 0 Å². The summed E-state index contributed by atoms with van der Waals surface area (Å²) in [5.41, 5.74) is 0.943. The van der Waals surface area contributed by atoms with E-state index >= 15 is 0 Å². The molecule has 0 aliphatic carbocycles. The van der Waals surface area contributed by atoms with Crippen LogP contribution in [0.5, 0.6) is 0 Å². The molecule has 6 nitrogen and oxygen atoms in total. The number of ether oxygens (including phenoxy) is 1. The Bertz CT molecular complexity index is 574. The Morgan fingerprint density at radius 3 is 2.95 bits per heavy atom. The van der Waals surface area contributed by atoms with Crippen LogP contribution in [0.25, 0.3) is 0 Å². The molecule has 7 heteroatoms. The number of fused-ring (bicyclic) bond motifs is 1. The number of rotatable bonds is 4. The highest BCUT2D eigenvalue weighted by molar-refractivity contribution is 7.09. The summed E-state index contributed by atoms with van der Waals surface area (Å²) >= 11 is 1.60. The molecule has 2 amide bonds. The van der Waals surface area contributed by atoms with Crippen molar-refractivity contribution < 1.29 is 14.3 Å². The third-order valence-corrected chi connectivity index (χ3v) is 5.29. The van der Waals surface area contributed by atoms with Crippen molar-refractivity contribution in [3.05, 3.63) is 16.1 Å². The van der Waals surface area contributed by atoms with Crippen LogP contribution in [-0.2, 0) is 20.9 Å². The normalized spacial score (nSPS) is 24.7. The van der Waals surface area contributed by atoms with E-state index in [4.69, 9.17) is 4.74 Å². The molecule has 2 atom stereocenters. The molecule has 0 bridgehead atoms. The van der Waals surface area contributed by atoms with Crippen molar-refractivity contribution in [1.29, 1.82) is 0 Å². The van der Waals surface area contributed by atoms with Gasteiger partial charge in [-0.3, -0.25) is 9.59 Å². The molecular weight excluding hydrogens is 302 g/mol. The molecule has 2 aliphatic heterocycles. The van der Waals surface area contributed by atoms with Crippen molar-refractivity contribution >= 4 is 23.2 Å². The average molecular weight is 323 g/mol. The fraction of sp³-hybridized carbons (Fsp3) is 0.667.